The predicted octanol–water partition coefficient (Wildman–Crippen LogP) is 9.01. The summed E-state index contributed by atoms with van der Waals surface area (Å²) in [6.45, 7) is 0. The SMILES string of the molecule is O=C1C(c2ccc3cccc4c3c2NC2(CCC(Oc3ccccc3)CC2)N4)=C(O)/C1=c1/ccc2cccc3c2c1NC1(CCC(Oc2ccccc2)CC1)N=3. The minimum atomic E-state index is -0.529. The molecule has 2 spiro atoms. The summed E-state index contributed by atoms with van der Waals surface area (Å²) in [4.78, 5) is 19.9. The molecule has 4 N–H and O–H groups in total. The number of hydrogen-bond donors (Lipinski definition) is 4. The first-order chi connectivity index (χ1) is 27.4. The Labute approximate surface area is 324 Å². The van der Waals surface area contributed by atoms with E-state index >= 15 is 0 Å². The highest BCUT2D eigenvalue weighted by Crippen LogP contribution is 2.49. The van der Waals surface area contributed by atoms with Crippen LogP contribution in [0, 0.1) is 0 Å². The number of aliphatic hydroxyl groups is 1. The molecule has 2 saturated carbocycles. The molecule has 8 nitrogen and oxygen atoms in total. The van der Waals surface area contributed by atoms with Crippen molar-refractivity contribution in [2.75, 3.05) is 16.0 Å². The number of rotatable bonds is 5. The lowest BCUT2D eigenvalue weighted by molar-refractivity contribution is -0.109. The van der Waals surface area contributed by atoms with Crippen molar-refractivity contribution in [2.45, 2.75) is 74.9 Å². The van der Waals surface area contributed by atoms with Crippen molar-refractivity contribution < 1.29 is 19.4 Å². The molecule has 0 atom stereocenters. The molecule has 278 valence electrons. The number of carbonyl (C=O) groups excluding carboxylic acids is 1. The maximum atomic E-state index is 14.6. The van der Waals surface area contributed by atoms with Crippen LogP contribution in [0.5, 0.6) is 11.5 Å². The quantitative estimate of drug-likeness (QED) is 0.140. The summed E-state index contributed by atoms with van der Waals surface area (Å²) in [6, 6.07) is 40.5. The zero-order chi connectivity index (χ0) is 37.4. The topological polar surface area (TPSA) is 104 Å². The van der Waals surface area contributed by atoms with Crippen LogP contribution in [0.4, 0.5) is 17.1 Å². The van der Waals surface area contributed by atoms with Crippen molar-refractivity contribution in [3.63, 3.8) is 0 Å². The molecule has 2 fully saturated rings. The number of aliphatic hydroxyl groups excluding tert-OH is 1. The van der Waals surface area contributed by atoms with E-state index in [9.17, 15) is 9.90 Å². The average Bonchev–Trinajstić information content (AvgIpc) is 3.22. The van der Waals surface area contributed by atoms with Crippen molar-refractivity contribution in [3.05, 3.63) is 143 Å². The van der Waals surface area contributed by atoms with E-state index in [2.05, 4.69) is 46.3 Å². The van der Waals surface area contributed by atoms with Crippen LogP contribution in [-0.2, 0) is 4.79 Å². The van der Waals surface area contributed by atoms with Crippen LogP contribution >= 0.6 is 0 Å². The summed E-state index contributed by atoms with van der Waals surface area (Å²) in [5.74, 6) is 1.66. The second kappa shape index (κ2) is 12.6. The summed E-state index contributed by atoms with van der Waals surface area (Å²) in [5.41, 5.74) is 3.28. The molecule has 56 heavy (non-hydrogen) atoms. The highest BCUT2D eigenvalue weighted by Gasteiger charge is 2.44. The molecule has 0 saturated heterocycles. The van der Waals surface area contributed by atoms with Crippen LogP contribution in [0.2, 0.25) is 0 Å². The summed E-state index contributed by atoms with van der Waals surface area (Å²) in [6.07, 6.45) is 6.93. The molecule has 0 bridgehead atoms. The Bertz CT molecular complexity index is 2730. The fourth-order valence-electron chi connectivity index (χ4n) is 9.79. The standard InChI is InChI=1S/C48H42N4O4/c53-45-41(35-19-17-29-9-7-15-37-39(29)43(35)51-47(49-37)25-21-33(22-26-47)55-31-11-3-1-4-12-31)46(54)42(45)36-20-18-30-10-8-16-38-40(30)44(36)52-48(50-38)27-23-34(24-28-48)56-32-13-5-2-6-14-32/h1-20,33-34,49,51-53H,21-28H2/b42-36+. The molecule has 0 unspecified atom stereocenters. The Balaban J connectivity index is 0.946. The van der Waals surface area contributed by atoms with Gasteiger partial charge in [-0.15, -0.1) is 0 Å². The third kappa shape index (κ3) is 5.34. The van der Waals surface area contributed by atoms with Gasteiger partial charge in [0.2, 0.25) is 5.78 Å². The molecule has 6 aromatic rings. The summed E-state index contributed by atoms with van der Waals surface area (Å²) in [5, 5.41) is 29.4. The maximum absolute atomic E-state index is 14.6. The molecule has 0 radical (unpaired) electrons. The van der Waals surface area contributed by atoms with Gasteiger partial charge in [-0.25, -0.2) is 0 Å². The van der Waals surface area contributed by atoms with Crippen LogP contribution in [0.3, 0.4) is 0 Å². The van der Waals surface area contributed by atoms with Gasteiger partial charge >= 0.3 is 0 Å². The number of Topliss-reactive ketones (excluding diaryl/α,β-unsaturated/α-hetero) is 1. The van der Waals surface area contributed by atoms with Gasteiger partial charge in [-0.05, 0) is 98.5 Å². The van der Waals surface area contributed by atoms with Gasteiger partial charge in [0.15, 0.2) is 0 Å². The smallest absolute Gasteiger partial charge is 0.201 e. The number of nitrogens with zero attached hydrogens (tertiary/aromatic N) is 1. The Morgan fingerprint density at radius 3 is 1.89 bits per heavy atom. The zero-order valence-electron chi connectivity index (χ0n) is 31.0. The van der Waals surface area contributed by atoms with E-state index in [1.54, 1.807) is 0 Å². The van der Waals surface area contributed by atoms with Gasteiger partial charge in [0.25, 0.3) is 0 Å². The predicted molar refractivity (Wildman–Crippen MR) is 222 cm³/mol. The summed E-state index contributed by atoms with van der Waals surface area (Å²) < 4.78 is 12.7. The first kappa shape index (κ1) is 33.1. The third-order valence-corrected chi connectivity index (χ3v) is 12.6. The molecule has 0 amide bonds. The molecule has 8 heteroatoms. The first-order valence-electron chi connectivity index (χ1n) is 19.9. The van der Waals surface area contributed by atoms with Gasteiger partial charge in [-0.3, -0.25) is 9.79 Å². The van der Waals surface area contributed by atoms with Crippen LogP contribution in [0.25, 0.3) is 32.7 Å². The van der Waals surface area contributed by atoms with E-state index in [-0.39, 0.29) is 23.8 Å². The van der Waals surface area contributed by atoms with E-state index < -0.39 is 11.3 Å². The molecule has 2 heterocycles. The lowest BCUT2D eigenvalue weighted by Gasteiger charge is -2.46. The molecule has 6 aromatic carbocycles. The largest absolute Gasteiger partial charge is 0.506 e. The Kier molecular flexibility index (Phi) is 7.46. The van der Waals surface area contributed by atoms with E-state index in [1.165, 1.54) is 0 Å². The summed E-state index contributed by atoms with van der Waals surface area (Å²) >= 11 is 0. The molecule has 3 aliphatic carbocycles. The van der Waals surface area contributed by atoms with E-state index in [0.29, 0.717) is 16.4 Å². The van der Waals surface area contributed by atoms with Gasteiger partial charge in [0, 0.05) is 27.2 Å². The monoisotopic (exact) mass is 738 g/mol. The molecular formula is C48H42N4O4. The zero-order valence-corrected chi connectivity index (χ0v) is 31.0. The van der Waals surface area contributed by atoms with Crippen molar-refractivity contribution in [1.82, 2.24) is 0 Å². The lowest BCUT2D eigenvalue weighted by Crippen LogP contribution is -2.52. The van der Waals surface area contributed by atoms with Crippen molar-refractivity contribution in [1.29, 1.82) is 0 Å². The highest BCUT2D eigenvalue weighted by molar-refractivity contribution is 6.52. The Morgan fingerprint density at radius 2 is 1.21 bits per heavy atom. The Morgan fingerprint density at radius 1 is 0.589 bits per heavy atom. The van der Waals surface area contributed by atoms with Gasteiger partial charge in [0.1, 0.15) is 28.6 Å². The van der Waals surface area contributed by atoms with E-state index in [4.69, 9.17) is 14.5 Å². The molecule has 11 rings (SSSR count). The number of allylic oxidation sites excluding steroid dienone is 2. The first-order valence-corrected chi connectivity index (χ1v) is 19.9. The normalized spacial score (nSPS) is 25.9. The fourth-order valence-corrected chi connectivity index (χ4v) is 9.79. The minimum absolute atomic E-state index is 0.0313. The molecule has 0 aromatic heterocycles. The van der Waals surface area contributed by atoms with Crippen LogP contribution < -0.4 is 36.0 Å². The van der Waals surface area contributed by atoms with Gasteiger partial charge in [-0.1, -0.05) is 84.9 Å². The van der Waals surface area contributed by atoms with Crippen molar-refractivity contribution >= 4 is 55.5 Å². The maximum Gasteiger partial charge on any atom is 0.201 e. The van der Waals surface area contributed by atoms with Crippen LogP contribution in [0.15, 0.2) is 132 Å². The third-order valence-electron chi connectivity index (χ3n) is 12.6. The van der Waals surface area contributed by atoms with Gasteiger partial charge in [-0.2, -0.15) is 0 Å². The van der Waals surface area contributed by atoms with Crippen molar-refractivity contribution in [2.24, 2.45) is 4.99 Å². The number of ether oxygens (including phenoxy) is 2. The van der Waals surface area contributed by atoms with E-state index in [1.807, 2.05) is 91.0 Å². The number of para-hydroxylation sites is 2. The van der Waals surface area contributed by atoms with Gasteiger partial charge in [0.05, 0.1) is 40.1 Å². The molecule has 2 aliphatic heterocycles. The van der Waals surface area contributed by atoms with E-state index in [0.717, 1.165) is 112 Å². The second-order valence-corrected chi connectivity index (χ2v) is 16.0. The minimum Gasteiger partial charge on any atom is -0.506 e. The number of ketones is 1. The number of benzene rings is 6. The van der Waals surface area contributed by atoms with Crippen LogP contribution in [0.1, 0.15) is 56.9 Å². The molecule has 5 aliphatic rings. The van der Waals surface area contributed by atoms with Crippen molar-refractivity contribution in [3.8, 4) is 11.5 Å². The lowest BCUT2D eigenvalue weighted by atomic mass is 9.78. The Hall–Kier alpha value is -6.28. The van der Waals surface area contributed by atoms with Gasteiger partial charge < -0.3 is 30.5 Å². The molecular weight excluding hydrogens is 697 g/mol. The fraction of sp³-hybridized carbons (Fsp3) is 0.250. The highest BCUT2D eigenvalue weighted by atomic mass is 16.5. The number of hydrogen-bond acceptors (Lipinski definition) is 8. The second-order valence-electron chi connectivity index (χ2n) is 16.0. The average molecular weight is 739 g/mol. The summed E-state index contributed by atoms with van der Waals surface area (Å²) in [7, 11) is 0. The number of nitrogens with one attached hydrogen (secondary N) is 3. The number of carbonyl (C=O) groups is 1. The van der Waals surface area contributed by atoms with Crippen LogP contribution in [-0.4, -0.2) is 34.4 Å². The number of anilines is 3.